The number of nitro benzene ring substituents is 1. The maximum atomic E-state index is 12.1. The summed E-state index contributed by atoms with van der Waals surface area (Å²) in [6.45, 7) is -0.630. The van der Waals surface area contributed by atoms with E-state index in [1.807, 2.05) is 0 Å². The highest BCUT2D eigenvalue weighted by atomic mass is 19.4. The number of nitro groups is 1. The van der Waals surface area contributed by atoms with Gasteiger partial charge in [-0.1, -0.05) is 0 Å². The van der Waals surface area contributed by atoms with Crippen LogP contribution in [0.15, 0.2) is 18.2 Å². The van der Waals surface area contributed by atoms with Gasteiger partial charge in [-0.3, -0.25) is 14.9 Å². The smallest absolute Gasteiger partial charge is 0.390 e. The molecule has 0 spiro atoms. The van der Waals surface area contributed by atoms with Gasteiger partial charge in [0, 0.05) is 19.7 Å². The molecular formula is C11H11F3N2O4. The van der Waals surface area contributed by atoms with Crippen LogP contribution in [0.3, 0.4) is 0 Å². The summed E-state index contributed by atoms with van der Waals surface area (Å²) in [6.07, 6.45) is -5.65. The highest BCUT2D eigenvalue weighted by Gasteiger charge is 2.30. The van der Waals surface area contributed by atoms with Crippen molar-refractivity contribution in [2.45, 2.75) is 12.6 Å². The fourth-order valence-corrected chi connectivity index (χ4v) is 1.46. The predicted octanol–water partition coefficient (Wildman–Crippen LogP) is 2.32. The van der Waals surface area contributed by atoms with Crippen LogP contribution in [0.1, 0.15) is 16.8 Å². The number of aromatic hydroxyl groups is 1. The minimum Gasteiger partial charge on any atom is -0.508 e. The zero-order valence-electron chi connectivity index (χ0n) is 10.3. The Labute approximate surface area is 111 Å². The minimum absolute atomic E-state index is 0.386. The first-order valence-corrected chi connectivity index (χ1v) is 5.41. The molecule has 9 heteroatoms. The van der Waals surface area contributed by atoms with E-state index >= 15 is 0 Å². The third-order valence-corrected chi connectivity index (χ3v) is 2.48. The quantitative estimate of drug-likeness (QED) is 0.682. The first-order valence-electron chi connectivity index (χ1n) is 5.41. The SMILES string of the molecule is CN(CCC(F)(F)F)C(=O)c1cc(O)ccc1[N+](=O)[O-]. The van der Waals surface area contributed by atoms with Gasteiger partial charge < -0.3 is 10.0 Å². The maximum absolute atomic E-state index is 12.1. The number of benzene rings is 1. The van der Waals surface area contributed by atoms with Crippen LogP contribution in [0.4, 0.5) is 18.9 Å². The monoisotopic (exact) mass is 292 g/mol. The van der Waals surface area contributed by atoms with Crippen molar-refractivity contribution in [3.8, 4) is 5.75 Å². The Morgan fingerprint density at radius 2 is 2.05 bits per heavy atom. The van der Waals surface area contributed by atoms with E-state index in [9.17, 15) is 33.2 Å². The Kier molecular flexibility index (Phi) is 4.53. The number of carbonyl (C=O) groups is 1. The van der Waals surface area contributed by atoms with E-state index in [0.29, 0.717) is 0 Å². The zero-order chi connectivity index (χ0) is 15.5. The molecule has 0 heterocycles. The molecule has 0 aromatic heterocycles. The molecule has 0 bridgehead atoms. The second-order valence-corrected chi connectivity index (χ2v) is 4.05. The van der Waals surface area contributed by atoms with E-state index in [0.717, 1.165) is 30.1 Å². The van der Waals surface area contributed by atoms with Crippen molar-refractivity contribution >= 4 is 11.6 Å². The zero-order valence-corrected chi connectivity index (χ0v) is 10.3. The Morgan fingerprint density at radius 1 is 1.45 bits per heavy atom. The maximum Gasteiger partial charge on any atom is 0.390 e. The van der Waals surface area contributed by atoms with Crippen molar-refractivity contribution in [1.82, 2.24) is 4.90 Å². The standard InChI is InChI=1S/C11H11F3N2O4/c1-15(5-4-11(12,13)14)10(18)8-6-7(17)2-3-9(8)16(19)20/h2-3,6,17H,4-5H2,1H3. The molecule has 1 aromatic rings. The number of phenols is 1. The molecule has 0 saturated carbocycles. The third kappa shape index (κ3) is 4.11. The third-order valence-electron chi connectivity index (χ3n) is 2.48. The van der Waals surface area contributed by atoms with Crippen LogP contribution in [0, 0.1) is 10.1 Å². The molecule has 0 radical (unpaired) electrons. The molecule has 0 unspecified atom stereocenters. The molecular weight excluding hydrogens is 281 g/mol. The van der Waals surface area contributed by atoms with Crippen molar-refractivity contribution in [3.63, 3.8) is 0 Å². The number of nitrogens with zero attached hydrogens (tertiary/aromatic N) is 2. The molecule has 0 aliphatic heterocycles. The van der Waals surface area contributed by atoms with E-state index in [1.165, 1.54) is 0 Å². The predicted molar refractivity (Wildman–Crippen MR) is 62.4 cm³/mol. The number of alkyl halides is 3. The van der Waals surface area contributed by atoms with Crippen molar-refractivity contribution in [3.05, 3.63) is 33.9 Å². The van der Waals surface area contributed by atoms with Gasteiger partial charge in [-0.05, 0) is 12.1 Å². The Hall–Kier alpha value is -2.32. The van der Waals surface area contributed by atoms with Crippen LogP contribution in [-0.4, -0.2) is 40.6 Å². The van der Waals surface area contributed by atoms with Crippen LogP contribution in [0.2, 0.25) is 0 Å². The van der Waals surface area contributed by atoms with E-state index in [2.05, 4.69) is 0 Å². The summed E-state index contributed by atoms with van der Waals surface area (Å²) < 4.78 is 36.2. The number of amides is 1. The van der Waals surface area contributed by atoms with Crippen LogP contribution < -0.4 is 0 Å². The number of phenolic OH excluding ortho intramolecular Hbond substituents is 1. The van der Waals surface area contributed by atoms with Crippen molar-refractivity contribution in [1.29, 1.82) is 0 Å². The lowest BCUT2D eigenvalue weighted by atomic mass is 10.1. The lowest BCUT2D eigenvalue weighted by Gasteiger charge is -2.18. The van der Waals surface area contributed by atoms with Gasteiger partial charge in [0.2, 0.25) is 0 Å². The van der Waals surface area contributed by atoms with Crippen molar-refractivity contribution < 1.29 is 28.0 Å². The van der Waals surface area contributed by atoms with Gasteiger partial charge in [0.15, 0.2) is 0 Å². The summed E-state index contributed by atoms with van der Waals surface area (Å²) in [7, 11) is 1.10. The van der Waals surface area contributed by atoms with Crippen LogP contribution in [-0.2, 0) is 0 Å². The van der Waals surface area contributed by atoms with Gasteiger partial charge in [0.1, 0.15) is 11.3 Å². The van der Waals surface area contributed by atoms with Crippen molar-refractivity contribution in [2.24, 2.45) is 0 Å². The summed E-state index contributed by atoms with van der Waals surface area (Å²) in [5.74, 6) is -1.35. The van der Waals surface area contributed by atoms with Crippen molar-refractivity contribution in [2.75, 3.05) is 13.6 Å². The summed E-state index contributed by atoms with van der Waals surface area (Å²) in [5.41, 5.74) is -1.04. The first-order chi connectivity index (χ1) is 9.11. The van der Waals surface area contributed by atoms with Gasteiger partial charge in [-0.25, -0.2) is 0 Å². The molecule has 0 aliphatic carbocycles. The fourth-order valence-electron chi connectivity index (χ4n) is 1.46. The Morgan fingerprint density at radius 3 is 2.55 bits per heavy atom. The molecule has 0 fully saturated rings. The molecule has 1 amide bonds. The van der Waals surface area contributed by atoms with Crippen LogP contribution in [0.5, 0.6) is 5.75 Å². The fraction of sp³-hybridized carbons (Fsp3) is 0.364. The average Bonchev–Trinajstić information content (AvgIpc) is 2.33. The van der Waals surface area contributed by atoms with Gasteiger partial charge in [0.25, 0.3) is 11.6 Å². The second kappa shape index (κ2) is 5.76. The molecule has 110 valence electrons. The summed E-state index contributed by atoms with van der Waals surface area (Å²) in [4.78, 5) is 22.5. The lowest BCUT2D eigenvalue weighted by Crippen LogP contribution is -2.31. The molecule has 20 heavy (non-hydrogen) atoms. The number of hydrogen-bond acceptors (Lipinski definition) is 4. The van der Waals surface area contributed by atoms with Gasteiger partial charge in [-0.15, -0.1) is 0 Å². The number of rotatable bonds is 4. The number of hydrogen-bond donors (Lipinski definition) is 1. The summed E-state index contributed by atoms with van der Waals surface area (Å²) >= 11 is 0. The summed E-state index contributed by atoms with van der Waals surface area (Å²) in [6, 6.07) is 2.79. The van der Waals surface area contributed by atoms with Gasteiger partial charge in [0.05, 0.1) is 11.3 Å². The largest absolute Gasteiger partial charge is 0.508 e. The van der Waals surface area contributed by atoms with E-state index in [-0.39, 0.29) is 5.75 Å². The van der Waals surface area contributed by atoms with E-state index in [4.69, 9.17) is 0 Å². The molecule has 0 aliphatic rings. The van der Waals surface area contributed by atoms with Crippen LogP contribution >= 0.6 is 0 Å². The topological polar surface area (TPSA) is 83.7 Å². The second-order valence-electron chi connectivity index (χ2n) is 4.05. The number of carbonyl (C=O) groups excluding carboxylic acids is 1. The molecule has 1 N–H and O–H groups in total. The summed E-state index contributed by atoms with van der Waals surface area (Å²) in [5, 5.41) is 20.0. The normalized spacial score (nSPS) is 11.2. The highest BCUT2D eigenvalue weighted by Crippen LogP contribution is 2.25. The molecule has 1 aromatic carbocycles. The lowest BCUT2D eigenvalue weighted by molar-refractivity contribution is -0.385. The average molecular weight is 292 g/mol. The van der Waals surface area contributed by atoms with E-state index < -0.39 is 41.2 Å². The highest BCUT2D eigenvalue weighted by molar-refractivity contribution is 5.98. The molecule has 0 atom stereocenters. The molecule has 0 saturated heterocycles. The van der Waals surface area contributed by atoms with E-state index in [1.54, 1.807) is 0 Å². The number of halogens is 3. The minimum atomic E-state index is -4.43. The molecule has 1 rings (SSSR count). The first kappa shape index (κ1) is 15.7. The van der Waals surface area contributed by atoms with Gasteiger partial charge >= 0.3 is 6.18 Å². The Bertz CT molecular complexity index is 531. The van der Waals surface area contributed by atoms with Crippen LogP contribution in [0.25, 0.3) is 0 Å². The van der Waals surface area contributed by atoms with Gasteiger partial charge in [-0.2, -0.15) is 13.2 Å². The Balaban J connectivity index is 2.96. The molecule has 6 nitrogen and oxygen atoms in total.